The van der Waals surface area contributed by atoms with E-state index in [1.807, 2.05) is 76.2 Å². The Morgan fingerprint density at radius 3 is 1.24 bits per heavy atom. The average Bonchev–Trinajstić information content (AvgIpc) is 2.70. The summed E-state index contributed by atoms with van der Waals surface area (Å²) in [6.07, 6.45) is 0.00712. The van der Waals surface area contributed by atoms with Gasteiger partial charge >= 0.3 is 12.2 Å². The van der Waals surface area contributed by atoms with Crippen LogP contribution in [0.3, 0.4) is 0 Å². The number of carbonyl (C=O) groups is 2. The number of carbonyl (C=O) groups excluding carboxylic acids is 2. The molecule has 0 heterocycles. The topological polar surface area (TPSA) is 59.1 Å². The molecule has 0 radical (unpaired) electrons. The first-order valence-corrected chi connectivity index (χ1v) is 9.70. The van der Waals surface area contributed by atoms with Gasteiger partial charge in [0.05, 0.1) is 14.2 Å². The van der Waals surface area contributed by atoms with Crippen LogP contribution in [0.25, 0.3) is 0 Å². The first-order valence-electron chi connectivity index (χ1n) is 9.70. The number of hydrogen-bond acceptors (Lipinski definition) is 4. The number of methoxy groups -OCH3 is 2. The molecule has 0 aliphatic carbocycles. The van der Waals surface area contributed by atoms with Gasteiger partial charge in [-0.1, -0.05) is 24.3 Å². The van der Waals surface area contributed by atoms with Gasteiger partial charge in [0.25, 0.3) is 0 Å². The van der Waals surface area contributed by atoms with Gasteiger partial charge in [0, 0.05) is 23.5 Å². The minimum atomic E-state index is -0.372. The van der Waals surface area contributed by atoms with Crippen LogP contribution < -0.4 is 9.80 Å². The van der Waals surface area contributed by atoms with E-state index in [2.05, 4.69) is 0 Å². The normalized spacial score (nSPS) is 10.8. The summed E-state index contributed by atoms with van der Waals surface area (Å²) in [6.45, 7) is 7.78. The monoisotopic (exact) mass is 398 g/mol. The second-order valence-electron chi connectivity index (χ2n) is 7.38. The van der Waals surface area contributed by atoms with Crippen LogP contribution in [0.1, 0.15) is 38.8 Å². The summed E-state index contributed by atoms with van der Waals surface area (Å²) in [5.74, 6) is 0. The minimum Gasteiger partial charge on any atom is -0.452 e. The second-order valence-corrected chi connectivity index (χ2v) is 7.38. The molecule has 0 aromatic heterocycles. The summed E-state index contributed by atoms with van der Waals surface area (Å²) in [6, 6.07) is 15.8. The highest BCUT2D eigenvalue weighted by molar-refractivity contribution is 5.88. The molecule has 29 heavy (non-hydrogen) atoms. The second kappa shape index (κ2) is 9.96. The van der Waals surface area contributed by atoms with Crippen molar-refractivity contribution in [3.63, 3.8) is 0 Å². The number of nitrogens with zero attached hydrogens (tertiary/aromatic N) is 2. The van der Waals surface area contributed by atoms with E-state index in [0.717, 1.165) is 28.9 Å². The Hall–Kier alpha value is -3.02. The zero-order chi connectivity index (χ0) is 21.6. The van der Waals surface area contributed by atoms with Gasteiger partial charge in [-0.3, -0.25) is 9.80 Å². The number of amides is 2. The van der Waals surface area contributed by atoms with Crippen molar-refractivity contribution in [3.05, 3.63) is 59.7 Å². The number of rotatable bonds is 6. The van der Waals surface area contributed by atoms with Gasteiger partial charge in [-0.25, -0.2) is 9.59 Å². The molecule has 6 nitrogen and oxygen atoms in total. The average molecular weight is 399 g/mol. The molecule has 0 saturated heterocycles. The van der Waals surface area contributed by atoms with E-state index in [1.54, 1.807) is 9.80 Å². The van der Waals surface area contributed by atoms with Crippen LogP contribution in [-0.4, -0.2) is 38.5 Å². The molecule has 2 aromatic carbocycles. The highest BCUT2D eigenvalue weighted by Crippen LogP contribution is 2.23. The lowest BCUT2D eigenvalue weighted by Gasteiger charge is -2.25. The van der Waals surface area contributed by atoms with Crippen molar-refractivity contribution >= 4 is 23.6 Å². The first-order chi connectivity index (χ1) is 13.8. The molecule has 0 atom stereocenters. The standard InChI is InChI=1S/C23H30N2O4/c1-16(2)24(22(26)28-5)20-11-7-18(8-12-20)15-19-9-13-21(14-10-19)25(17(3)4)23(27)29-6/h7-14,16-17H,15H2,1-6H3. The largest absolute Gasteiger partial charge is 0.452 e. The molecule has 0 saturated carbocycles. The van der Waals surface area contributed by atoms with Gasteiger partial charge in [0.15, 0.2) is 0 Å². The SMILES string of the molecule is COC(=O)N(c1ccc(Cc2ccc(N(C(=O)OC)C(C)C)cc2)cc1)C(C)C. The van der Waals surface area contributed by atoms with Gasteiger partial charge in [0.1, 0.15) is 0 Å². The van der Waals surface area contributed by atoms with E-state index >= 15 is 0 Å². The van der Waals surface area contributed by atoms with Gasteiger partial charge in [-0.15, -0.1) is 0 Å². The molecule has 0 spiro atoms. The quantitative estimate of drug-likeness (QED) is 0.668. The van der Waals surface area contributed by atoms with E-state index in [0.29, 0.717) is 0 Å². The third-order valence-electron chi connectivity index (χ3n) is 4.61. The smallest absolute Gasteiger partial charge is 0.414 e. The molecule has 0 fully saturated rings. The lowest BCUT2D eigenvalue weighted by molar-refractivity contribution is 0.176. The predicted molar refractivity (Wildman–Crippen MR) is 116 cm³/mol. The fraction of sp³-hybridized carbons (Fsp3) is 0.391. The molecular formula is C23H30N2O4. The molecule has 2 rings (SSSR count). The summed E-state index contributed by atoms with van der Waals surface area (Å²) < 4.78 is 9.75. The van der Waals surface area contributed by atoms with Crippen molar-refractivity contribution in [2.45, 2.75) is 46.2 Å². The Balaban J connectivity index is 2.14. The molecule has 0 aliphatic heterocycles. The van der Waals surface area contributed by atoms with Crippen molar-refractivity contribution in [2.75, 3.05) is 24.0 Å². The Morgan fingerprint density at radius 1 is 0.690 bits per heavy atom. The van der Waals surface area contributed by atoms with Crippen LogP contribution in [0.4, 0.5) is 21.0 Å². The molecule has 6 heteroatoms. The molecule has 2 amide bonds. The summed E-state index contributed by atoms with van der Waals surface area (Å²) >= 11 is 0. The van der Waals surface area contributed by atoms with Gasteiger partial charge in [-0.2, -0.15) is 0 Å². The highest BCUT2D eigenvalue weighted by Gasteiger charge is 2.20. The fourth-order valence-corrected chi connectivity index (χ4v) is 3.21. The zero-order valence-corrected chi connectivity index (χ0v) is 18.0. The van der Waals surface area contributed by atoms with Crippen molar-refractivity contribution in [3.8, 4) is 0 Å². The summed E-state index contributed by atoms with van der Waals surface area (Å²) in [5, 5.41) is 0. The molecule has 0 N–H and O–H groups in total. The van der Waals surface area contributed by atoms with E-state index in [-0.39, 0.29) is 24.3 Å². The Labute approximate surface area is 173 Å². The number of anilines is 2. The lowest BCUT2D eigenvalue weighted by atomic mass is 10.0. The zero-order valence-electron chi connectivity index (χ0n) is 18.0. The van der Waals surface area contributed by atoms with Crippen LogP contribution in [0.2, 0.25) is 0 Å². The predicted octanol–water partition coefficient (Wildman–Crippen LogP) is 5.24. The van der Waals surface area contributed by atoms with Gasteiger partial charge < -0.3 is 9.47 Å². The molecule has 0 bridgehead atoms. The highest BCUT2D eigenvalue weighted by atomic mass is 16.5. The maximum Gasteiger partial charge on any atom is 0.414 e. The van der Waals surface area contributed by atoms with Crippen LogP contribution in [-0.2, 0) is 15.9 Å². The molecule has 156 valence electrons. The van der Waals surface area contributed by atoms with E-state index in [4.69, 9.17) is 9.47 Å². The molecular weight excluding hydrogens is 368 g/mol. The Bertz CT molecular complexity index is 744. The number of ether oxygens (including phenoxy) is 2. The van der Waals surface area contributed by atoms with Crippen molar-refractivity contribution < 1.29 is 19.1 Å². The fourth-order valence-electron chi connectivity index (χ4n) is 3.21. The summed E-state index contributed by atoms with van der Waals surface area (Å²) in [7, 11) is 2.77. The van der Waals surface area contributed by atoms with Crippen LogP contribution >= 0.6 is 0 Å². The van der Waals surface area contributed by atoms with E-state index in [9.17, 15) is 9.59 Å². The first kappa shape index (κ1) is 22.3. The van der Waals surface area contributed by atoms with Crippen LogP contribution in [0.5, 0.6) is 0 Å². The third-order valence-corrected chi connectivity index (χ3v) is 4.61. The molecule has 0 aliphatic rings. The lowest BCUT2D eigenvalue weighted by Crippen LogP contribution is -2.36. The number of benzene rings is 2. The molecule has 2 aromatic rings. The number of hydrogen-bond donors (Lipinski definition) is 0. The van der Waals surface area contributed by atoms with Crippen LogP contribution in [0, 0.1) is 0 Å². The maximum absolute atomic E-state index is 12.0. The van der Waals surface area contributed by atoms with E-state index < -0.39 is 0 Å². The van der Waals surface area contributed by atoms with Crippen molar-refractivity contribution in [1.82, 2.24) is 0 Å². The van der Waals surface area contributed by atoms with Gasteiger partial charge in [0.2, 0.25) is 0 Å². The van der Waals surface area contributed by atoms with Gasteiger partial charge in [-0.05, 0) is 69.5 Å². The Kier molecular flexibility index (Phi) is 7.65. The maximum atomic E-state index is 12.0. The van der Waals surface area contributed by atoms with Crippen LogP contribution in [0.15, 0.2) is 48.5 Å². The van der Waals surface area contributed by atoms with Crippen molar-refractivity contribution in [2.24, 2.45) is 0 Å². The Morgan fingerprint density at radius 2 is 1.00 bits per heavy atom. The summed E-state index contributed by atoms with van der Waals surface area (Å²) in [4.78, 5) is 27.2. The van der Waals surface area contributed by atoms with Crippen molar-refractivity contribution in [1.29, 1.82) is 0 Å². The third kappa shape index (κ3) is 5.50. The minimum absolute atomic E-state index is 0.000409. The van der Waals surface area contributed by atoms with E-state index in [1.165, 1.54) is 14.2 Å². The summed E-state index contributed by atoms with van der Waals surface area (Å²) in [5.41, 5.74) is 3.86. The molecule has 0 unspecified atom stereocenters.